The van der Waals surface area contributed by atoms with Crippen LogP contribution in [0.25, 0.3) is 0 Å². The first-order valence-electron chi connectivity index (χ1n) is 3.98. The minimum absolute atomic E-state index is 0.288. The van der Waals surface area contributed by atoms with Gasteiger partial charge in [0.1, 0.15) is 5.82 Å². The van der Waals surface area contributed by atoms with Gasteiger partial charge in [-0.3, -0.25) is 0 Å². The largest absolute Gasteiger partial charge is 0.398 e. The van der Waals surface area contributed by atoms with E-state index in [1.54, 1.807) is 6.07 Å². The molecule has 2 nitrogen and oxygen atoms in total. The van der Waals surface area contributed by atoms with Crippen LogP contribution in [0, 0.1) is 5.82 Å². The van der Waals surface area contributed by atoms with Crippen LogP contribution in [0.3, 0.4) is 0 Å². The standard InChI is InChI=1S/C9H13FN2/c10-8-4-3-7(2-1-5-11)9(12)6-8/h3-4,6H,1-2,5,11-12H2. The zero-order valence-electron chi connectivity index (χ0n) is 6.89. The molecule has 1 aromatic rings. The highest BCUT2D eigenvalue weighted by atomic mass is 19.1. The highest BCUT2D eigenvalue weighted by molar-refractivity contribution is 5.46. The predicted octanol–water partition coefficient (Wildman–Crippen LogP) is 1.30. The molecule has 0 radical (unpaired) electrons. The Labute approximate surface area is 71.4 Å². The maximum absolute atomic E-state index is 12.6. The monoisotopic (exact) mass is 168 g/mol. The fourth-order valence-electron chi connectivity index (χ4n) is 1.09. The van der Waals surface area contributed by atoms with Crippen molar-refractivity contribution in [2.75, 3.05) is 12.3 Å². The number of nitrogen functional groups attached to an aromatic ring is 1. The summed E-state index contributed by atoms with van der Waals surface area (Å²) in [6.07, 6.45) is 1.71. The summed E-state index contributed by atoms with van der Waals surface area (Å²) in [6, 6.07) is 4.47. The normalized spacial score (nSPS) is 10.2. The van der Waals surface area contributed by atoms with Crippen molar-refractivity contribution in [1.29, 1.82) is 0 Å². The second-order valence-electron chi connectivity index (χ2n) is 2.74. The molecule has 0 amide bonds. The molecule has 0 aliphatic heterocycles. The summed E-state index contributed by atoms with van der Waals surface area (Å²) in [6.45, 7) is 0.636. The molecule has 0 atom stereocenters. The van der Waals surface area contributed by atoms with Crippen LogP contribution in [0.4, 0.5) is 10.1 Å². The number of hydrogen-bond donors (Lipinski definition) is 2. The lowest BCUT2D eigenvalue weighted by Gasteiger charge is -2.03. The highest BCUT2D eigenvalue weighted by Gasteiger charge is 1.99. The second-order valence-corrected chi connectivity index (χ2v) is 2.74. The van der Waals surface area contributed by atoms with E-state index >= 15 is 0 Å². The van der Waals surface area contributed by atoms with Crippen LogP contribution in [0.2, 0.25) is 0 Å². The highest BCUT2D eigenvalue weighted by Crippen LogP contribution is 2.14. The molecule has 0 aromatic heterocycles. The average molecular weight is 168 g/mol. The molecule has 0 saturated carbocycles. The molecule has 0 spiro atoms. The molecule has 0 bridgehead atoms. The lowest BCUT2D eigenvalue weighted by molar-refractivity contribution is 0.627. The van der Waals surface area contributed by atoms with Crippen molar-refractivity contribution >= 4 is 5.69 Å². The molecule has 1 aromatic carbocycles. The molecule has 66 valence electrons. The molecular weight excluding hydrogens is 155 g/mol. The van der Waals surface area contributed by atoms with Crippen molar-refractivity contribution in [3.05, 3.63) is 29.6 Å². The van der Waals surface area contributed by atoms with Crippen LogP contribution in [0.1, 0.15) is 12.0 Å². The van der Waals surface area contributed by atoms with Gasteiger partial charge in [-0.25, -0.2) is 4.39 Å². The van der Waals surface area contributed by atoms with E-state index in [0.29, 0.717) is 12.2 Å². The third-order valence-electron chi connectivity index (χ3n) is 1.76. The molecule has 0 unspecified atom stereocenters. The smallest absolute Gasteiger partial charge is 0.125 e. The molecule has 12 heavy (non-hydrogen) atoms. The second kappa shape index (κ2) is 4.07. The Morgan fingerprint density at radius 3 is 2.67 bits per heavy atom. The van der Waals surface area contributed by atoms with Crippen LogP contribution < -0.4 is 11.5 Å². The SMILES string of the molecule is NCCCc1ccc(F)cc1N. The molecule has 4 N–H and O–H groups in total. The van der Waals surface area contributed by atoms with E-state index in [1.807, 2.05) is 0 Å². The van der Waals surface area contributed by atoms with Gasteiger partial charge >= 0.3 is 0 Å². The summed E-state index contributed by atoms with van der Waals surface area (Å²) >= 11 is 0. The molecule has 3 heteroatoms. The van der Waals surface area contributed by atoms with Gasteiger partial charge in [-0.2, -0.15) is 0 Å². The average Bonchev–Trinajstić information content (AvgIpc) is 2.03. The van der Waals surface area contributed by atoms with Gasteiger partial charge in [-0.15, -0.1) is 0 Å². The van der Waals surface area contributed by atoms with Crippen LogP contribution in [0.5, 0.6) is 0 Å². The molecule has 1 rings (SSSR count). The van der Waals surface area contributed by atoms with Crippen molar-refractivity contribution in [2.45, 2.75) is 12.8 Å². The summed E-state index contributed by atoms with van der Waals surface area (Å²) in [5.41, 5.74) is 12.4. The summed E-state index contributed by atoms with van der Waals surface area (Å²) < 4.78 is 12.6. The van der Waals surface area contributed by atoms with E-state index in [2.05, 4.69) is 0 Å². The number of anilines is 1. The zero-order chi connectivity index (χ0) is 8.97. The Kier molecular flexibility index (Phi) is 3.05. The van der Waals surface area contributed by atoms with E-state index in [0.717, 1.165) is 18.4 Å². The Bertz CT molecular complexity index is 261. The third-order valence-corrected chi connectivity index (χ3v) is 1.76. The third kappa shape index (κ3) is 2.20. The first-order valence-corrected chi connectivity index (χ1v) is 3.98. The van der Waals surface area contributed by atoms with Gasteiger partial charge in [0.05, 0.1) is 0 Å². The van der Waals surface area contributed by atoms with Crippen LogP contribution in [-0.4, -0.2) is 6.54 Å². The number of hydrogen-bond acceptors (Lipinski definition) is 2. The van der Waals surface area contributed by atoms with Gasteiger partial charge in [0.2, 0.25) is 0 Å². The van der Waals surface area contributed by atoms with Crippen molar-refractivity contribution in [3.63, 3.8) is 0 Å². The Morgan fingerprint density at radius 1 is 1.33 bits per heavy atom. The van der Waals surface area contributed by atoms with Crippen molar-refractivity contribution in [1.82, 2.24) is 0 Å². The number of benzene rings is 1. The number of rotatable bonds is 3. The van der Waals surface area contributed by atoms with Crippen molar-refractivity contribution in [3.8, 4) is 0 Å². The first kappa shape index (κ1) is 9.00. The minimum Gasteiger partial charge on any atom is -0.398 e. The maximum Gasteiger partial charge on any atom is 0.125 e. The quantitative estimate of drug-likeness (QED) is 0.668. The van der Waals surface area contributed by atoms with Crippen LogP contribution >= 0.6 is 0 Å². The zero-order valence-corrected chi connectivity index (χ0v) is 6.89. The van der Waals surface area contributed by atoms with Gasteiger partial charge in [-0.1, -0.05) is 6.07 Å². The summed E-state index contributed by atoms with van der Waals surface area (Å²) in [5, 5.41) is 0. The maximum atomic E-state index is 12.6. The first-order chi connectivity index (χ1) is 5.74. The van der Waals surface area contributed by atoms with E-state index in [-0.39, 0.29) is 5.82 Å². The lowest BCUT2D eigenvalue weighted by Crippen LogP contribution is -2.02. The van der Waals surface area contributed by atoms with Gasteiger partial charge in [-0.05, 0) is 37.1 Å². The van der Waals surface area contributed by atoms with E-state index in [4.69, 9.17) is 11.5 Å². The summed E-state index contributed by atoms with van der Waals surface area (Å²) in [5.74, 6) is -0.288. The number of halogens is 1. The fourth-order valence-corrected chi connectivity index (χ4v) is 1.09. The van der Waals surface area contributed by atoms with E-state index in [9.17, 15) is 4.39 Å². The molecule has 0 heterocycles. The number of nitrogens with two attached hydrogens (primary N) is 2. The van der Waals surface area contributed by atoms with E-state index < -0.39 is 0 Å². The minimum atomic E-state index is -0.288. The van der Waals surface area contributed by atoms with Crippen LogP contribution in [-0.2, 0) is 6.42 Å². The fraction of sp³-hybridized carbons (Fsp3) is 0.333. The summed E-state index contributed by atoms with van der Waals surface area (Å²) in [7, 11) is 0. The Morgan fingerprint density at radius 2 is 2.08 bits per heavy atom. The van der Waals surface area contributed by atoms with Crippen LogP contribution in [0.15, 0.2) is 18.2 Å². The van der Waals surface area contributed by atoms with Crippen molar-refractivity contribution < 1.29 is 4.39 Å². The molecule has 0 saturated heterocycles. The van der Waals surface area contributed by atoms with Gasteiger partial charge in [0, 0.05) is 5.69 Å². The van der Waals surface area contributed by atoms with Gasteiger partial charge in [0.25, 0.3) is 0 Å². The summed E-state index contributed by atoms with van der Waals surface area (Å²) in [4.78, 5) is 0. The topological polar surface area (TPSA) is 52.0 Å². The Hall–Kier alpha value is -1.09. The molecule has 0 fully saturated rings. The lowest BCUT2D eigenvalue weighted by atomic mass is 10.1. The van der Waals surface area contributed by atoms with Gasteiger partial charge < -0.3 is 11.5 Å². The molecule has 0 aliphatic carbocycles. The van der Waals surface area contributed by atoms with Gasteiger partial charge in [0.15, 0.2) is 0 Å². The van der Waals surface area contributed by atoms with Crippen molar-refractivity contribution in [2.24, 2.45) is 5.73 Å². The molecule has 0 aliphatic rings. The number of aryl methyl sites for hydroxylation is 1. The molecular formula is C9H13FN2. The van der Waals surface area contributed by atoms with E-state index in [1.165, 1.54) is 12.1 Å². The predicted molar refractivity (Wildman–Crippen MR) is 48.2 cm³/mol. The Balaban J connectivity index is 2.72.